The highest BCUT2D eigenvalue weighted by molar-refractivity contribution is 6.74. The highest BCUT2D eigenvalue weighted by atomic mass is 35.5. The van der Waals surface area contributed by atoms with E-state index in [1.165, 1.54) is 0 Å². The van der Waals surface area contributed by atoms with Crippen molar-refractivity contribution in [3.8, 4) is 0 Å². The summed E-state index contributed by atoms with van der Waals surface area (Å²) >= 11 is 12.8. The van der Waals surface area contributed by atoms with Gasteiger partial charge in [0, 0.05) is 15.6 Å². The molecule has 0 saturated carbocycles. The van der Waals surface area contributed by atoms with Crippen LogP contribution in [0, 0.1) is 0 Å². The summed E-state index contributed by atoms with van der Waals surface area (Å²) in [6.07, 6.45) is 0.688. The number of hydrogen-bond donors (Lipinski definition) is 0. The summed E-state index contributed by atoms with van der Waals surface area (Å²) in [5, 5.41) is 1.02. The Hall–Kier alpha value is -1.66. The Morgan fingerprint density at radius 1 is 1.09 bits per heavy atom. The van der Waals surface area contributed by atoms with Gasteiger partial charge in [-0.15, -0.1) is 0 Å². The molecule has 1 heterocycles. The Kier molecular flexibility index (Phi) is 8.03. The van der Waals surface area contributed by atoms with Crippen LogP contribution < -0.4 is 0 Å². The topological polar surface area (TPSA) is 46.6 Å². The third-order valence-electron chi connectivity index (χ3n) is 7.41. The first-order valence-corrected chi connectivity index (χ1v) is 15.4. The van der Waals surface area contributed by atoms with Crippen molar-refractivity contribution in [3.63, 3.8) is 0 Å². The van der Waals surface area contributed by atoms with Gasteiger partial charge in [-0.25, -0.2) is 0 Å². The molecule has 1 aliphatic rings. The molecule has 2 atom stereocenters. The molecule has 1 amide bonds. The van der Waals surface area contributed by atoms with Gasteiger partial charge in [0.15, 0.2) is 14.1 Å². The van der Waals surface area contributed by atoms with Crippen LogP contribution in [0.1, 0.15) is 67.7 Å². The fourth-order valence-corrected chi connectivity index (χ4v) is 5.95. The van der Waals surface area contributed by atoms with Crippen molar-refractivity contribution >= 4 is 43.2 Å². The number of carbonyl (C=O) groups is 2. The summed E-state index contributed by atoms with van der Waals surface area (Å²) in [7, 11) is -2.04. The third-order valence-corrected chi connectivity index (χ3v) is 12.6. The second-order valence-electron chi connectivity index (χ2n) is 10.7. The predicted molar refractivity (Wildman–Crippen MR) is 143 cm³/mol. The van der Waals surface area contributed by atoms with Crippen LogP contribution in [0.2, 0.25) is 28.2 Å². The lowest BCUT2D eigenvalue weighted by Crippen LogP contribution is -2.52. The van der Waals surface area contributed by atoms with E-state index in [4.69, 9.17) is 27.6 Å². The van der Waals surface area contributed by atoms with Crippen LogP contribution in [-0.4, -0.2) is 37.6 Å². The first kappa shape index (κ1) is 26.9. The number of ketones is 1. The molecule has 184 valence electrons. The molecule has 3 rings (SSSR count). The fourth-order valence-electron chi connectivity index (χ4n) is 4.38. The number of fused-ring (bicyclic) bond motifs is 1. The van der Waals surface area contributed by atoms with Gasteiger partial charge in [0.25, 0.3) is 0 Å². The summed E-state index contributed by atoms with van der Waals surface area (Å²) < 4.78 is 6.58. The van der Waals surface area contributed by atoms with Crippen LogP contribution in [0.25, 0.3) is 0 Å². The maximum Gasteiger partial charge on any atom is 0.227 e. The highest BCUT2D eigenvalue weighted by Gasteiger charge is 2.41. The number of nitrogens with zero attached hydrogens (tertiary/aromatic N) is 1. The molecule has 7 heteroatoms. The minimum absolute atomic E-state index is 0.0377. The number of hydrogen-bond acceptors (Lipinski definition) is 3. The zero-order valence-corrected chi connectivity index (χ0v) is 23.7. The first-order chi connectivity index (χ1) is 15.7. The molecule has 0 bridgehead atoms. The minimum Gasteiger partial charge on any atom is -0.415 e. The molecule has 34 heavy (non-hydrogen) atoms. The quantitative estimate of drug-likeness (QED) is 0.297. The summed E-state index contributed by atoms with van der Waals surface area (Å²) in [4.78, 5) is 28.0. The Morgan fingerprint density at radius 3 is 2.24 bits per heavy atom. The van der Waals surface area contributed by atoms with Crippen molar-refractivity contribution < 1.29 is 14.0 Å². The monoisotopic (exact) mass is 519 g/mol. The van der Waals surface area contributed by atoms with Crippen molar-refractivity contribution in [3.05, 3.63) is 68.7 Å². The maximum absolute atomic E-state index is 13.7. The minimum atomic E-state index is -2.04. The Morgan fingerprint density at radius 2 is 1.68 bits per heavy atom. The third kappa shape index (κ3) is 5.43. The SMILES string of the molecule is CC(=O)c1cccc2c1C[C@H](CO[Si](C)(C)C(C)(C)C)N(C(=O)Cc1c(Cl)cccc1Cl)[C@H]2C. The summed E-state index contributed by atoms with van der Waals surface area (Å²) in [6.45, 7) is 15.1. The van der Waals surface area contributed by atoms with Crippen LogP contribution in [0.15, 0.2) is 36.4 Å². The van der Waals surface area contributed by atoms with Gasteiger partial charge in [-0.1, -0.05) is 68.2 Å². The van der Waals surface area contributed by atoms with Gasteiger partial charge in [-0.3, -0.25) is 9.59 Å². The molecule has 0 aliphatic carbocycles. The van der Waals surface area contributed by atoms with Gasteiger partial charge in [0.05, 0.1) is 25.1 Å². The van der Waals surface area contributed by atoms with Crippen molar-refractivity contribution in [1.29, 1.82) is 0 Å². The molecule has 1 aliphatic heterocycles. The average molecular weight is 521 g/mol. The molecule has 0 spiro atoms. The van der Waals surface area contributed by atoms with E-state index in [2.05, 4.69) is 33.9 Å². The molecule has 2 aromatic carbocycles. The molecular weight excluding hydrogens is 485 g/mol. The van der Waals surface area contributed by atoms with Crippen LogP contribution in [-0.2, 0) is 22.1 Å². The zero-order chi connectivity index (χ0) is 25.4. The molecule has 0 radical (unpaired) electrons. The highest BCUT2D eigenvalue weighted by Crippen LogP contribution is 2.39. The lowest BCUT2D eigenvalue weighted by atomic mass is 9.84. The molecule has 2 aromatic rings. The lowest BCUT2D eigenvalue weighted by Gasteiger charge is -2.45. The summed E-state index contributed by atoms with van der Waals surface area (Å²) in [5.41, 5.74) is 3.39. The number of Topliss-reactive ketones (excluding diaryl/α,β-unsaturated/α-hetero) is 1. The molecule has 0 saturated heterocycles. The smallest absolute Gasteiger partial charge is 0.227 e. The molecule has 0 unspecified atom stereocenters. The van der Waals surface area contributed by atoms with E-state index >= 15 is 0 Å². The molecule has 4 nitrogen and oxygen atoms in total. The number of benzene rings is 2. The van der Waals surface area contributed by atoms with Crippen LogP contribution in [0.3, 0.4) is 0 Å². The average Bonchev–Trinajstić information content (AvgIpc) is 2.73. The van der Waals surface area contributed by atoms with Gasteiger partial charge in [0.2, 0.25) is 5.91 Å². The van der Waals surface area contributed by atoms with Gasteiger partial charge >= 0.3 is 0 Å². The number of carbonyl (C=O) groups excluding carboxylic acids is 2. The summed E-state index contributed by atoms with van der Waals surface area (Å²) in [6, 6.07) is 10.7. The Bertz CT molecular complexity index is 1070. The normalized spacial score (nSPS) is 18.6. The Labute approximate surface area is 214 Å². The van der Waals surface area contributed by atoms with Crippen molar-refractivity contribution in [2.45, 2.75) is 77.7 Å². The number of amides is 1. The Balaban J connectivity index is 2.00. The largest absolute Gasteiger partial charge is 0.415 e. The van der Waals surface area contributed by atoms with Gasteiger partial charge in [-0.2, -0.15) is 0 Å². The van der Waals surface area contributed by atoms with Crippen molar-refractivity contribution in [1.82, 2.24) is 4.90 Å². The number of halogens is 2. The van der Waals surface area contributed by atoms with E-state index in [-0.39, 0.29) is 35.2 Å². The molecule has 0 N–H and O–H groups in total. The van der Waals surface area contributed by atoms with Crippen LogP contribution >= 0.6 is 23.2 Å². The van der Waals surface area contributed by atoms with E-state index < -0.39 is 8.32 Å². The van der Waals surface area contributed by atoms with Crippen molar-refractivity contribution in [2.75, 3.05) is 6.61 Å². The second kappa shape index (κ2) is 10.1. The summed E-state index contributed by atoms with van der Waals surface area (Å²) in [5.74, 6) is -0.0130. The first-order valence-electron chi connectivity index (χ1n) is 11.8. The molecule has 0 fully saturated rings. The van der Waals surface area contributed by atoms with E-state index in [0.29, 0.717) is 28.6 Å². The van der Waals surface area contributed by atoms with E-state index in [1.807, 2.05) is 30.0 Å². The lowest BCUT2D eigenvalue weighted by molar-refractivity contribution is -0.137. The van der Waals surface area contributed by atoms with E-state index in [1.54, 1.807) is 25.1 Å². The van der Waals surface area contributed by atoms with Crippen molar-refractivity contribution in [2.24, 2.45) is 0 Å². The number of rotatable bonds is 6. The predicted octanol–water partition coefficient (Wildman–Crippen LogP) is 7.27. The van der Waals surface area contributed by atoms with Crippen LogP contribution in [0.4, 0.5) is 0 Å². The van der Waals surface area contributed by atoms with E-state index in [0.717, 1.165) is 16.7 Å². The van der Waals surface area contributed by atoms with Crippen LogP contribution in [0.5, 0.6) is 0 Å². The maximum atomic E-state index is 13.7. The molecular formula is C27H35Cl2NO3Si. The van der Waals surface area contributed by atoms with Gasteiger partial charge in [0.1, 0.15) is 0 Å². The zero-order valence-electron chi connectivity index (χ0n) is 21.2. The fraction of sp³-hybridized carbons (Fsp3) is 0.481. The standard InChI is InChI=1S/C27H35Cl2NO3Si/c1-17-20-10-8-11-21(18(2)31)22(20)14-19(16-33-34(6,7)27(3,4)5)30(17)26(32)15-23-24(28)12-9-13-25(23)29/h8-13,17,19H,14-16H2,1-7H3/t17-,19+/m0/s1. The van der Waals surface area contributed by atoms with Gasteiger partial charge < -0.3 is 9.33 Å². The van der Waals surface area contributed by atoms with E-state index in [9.17, 15) is 9.59 Å². The second-order valence-corrected chi connectivity index (χ2v) is 16.3. The van der Waals surface area contributed by atoms with Gasteiger partial charge in [-0.05, 0) is 67.2 Å². The molecule has 0 aromatic heterocycles.